The molecule has 2 rings (SSSR count). The molecule has 18 heavy (non-hydrogen) atoms. The fourth-order valence-electron chi connectivity index (χ4n) is 2.37. The Bertz CT molecular complexity index is 453. The minimum atomic E-state index is -0.553. The molecule has 1 saturated heterocycles. The van der Waals surface area contributed by atoms with Crippen LogP contribution in [0.4, 0.5) is 4.39 Å². The van der Waals surface area contributed by atoms with E-state index >= 15 is 0 Å². The normalized spacial score (nSPS) is 19.3. The Labute approximate surface area is 111 Å². The quantitative estimate of drug-likeness (QED) is 0.914. The van der Waals surface area contributed by atoms with Crippen LogP contribution in [0.5, 0.6) is 0 Å². The van der Waals surface area contributed by atoms with Crippen LogP contribution in [-0.4, -0.2) is 37.0 Å². The number of hydrogen-bond donors (Lipinski definition) is 1. The highest BCUT2D eigenvalue weighted by molar-refractivity contribution is 6.30. The van der Waals surface area contributed by atoms with Gasteiger partial charge in [-0.15, -0.1) is 0 Å². The number of likely N-dealkylation sites (tertiary alicyclic amines) is 1. The van der Waals surface area contributed by atoms with Gasteiger partial charge in [-0.25, -0.2) is 4.39 Å². The van der Waals surface area contributed by atoms with Crippen molar-refractivity contribution in [2.24, 2.45) is 0 Å². The number of carbonyl (C=O) groups is 1. The lowest BCUT2D eigenvalue weighted by atomic mass is 10.1. The van der Waals surface area contributed by atoms with Gasteiger partial charge in [0, 0.05) is 24.2 Å². The maximum Gasteiger partial charge on any atom is 0.257 e. The number of carbonyl (C=O) groups excluding carboxylic acids is 1. The van der Waals surface area contributed by atoms with Crippen LogP contribution in [0.3, 0.4) is 0 Å². The highest BCUT2D eigenvalue weighted by Crippen LogP contribution is 2.22. The zero-order valence-corrected chi connectivity index (χ0v) is 11.0. The Morgan fingerprint density at radius 3 is 3.06 bits per heavy atom. The first kappa shape index (κ1) is 13.3. The summed E-state index contributed by atoms with van der Waals surface area (Å²) in [4.78, 5) is 14.0. The largest absolute Gasteiger partial charge is 0.334 e. The predicted octanol–water partition coefficient (Wildman–Crippen LogP) is 2.30. The predicted molar refractivity (Wildman–Crippen MR) is 69.4 cm³/mol. The first-order valence-corrected chi connectivity index (χ1v) is 6.42. The number of nitrogens with one attached hydrogen (secondary N) is 1. The van der Waals surface area contributed by atoms with Crippen LogP contribution >= 0.6 is 11.6 Å². The Hall–Kier alpha value is -1.13. The van der Waals surface area contributed by atoms with Crippen molar-refractivity contribution >= 4 is 17.5 Å². The second-order valence-electron chi connectivity index (χ2n) is 4.48. The van der Waals surface area contributed by atoms with E-state index in [0.717, 1.165) is 19.4 Å². The van der Waals surface area contributed by atoms with Crippen molar-refractivity contribution in [3.8, 4) is 0 Å². The minimum Gasteiger partial charge on any atom is -0.334 e. The van der Waals surface area contributed by atoms with Crippen LogP contribution in [0, 0.1) is 5.82 Å². The maximum absolute atomic E-state index is 13.7. The molecule has 3 nitrogen and oxygen atoms in total. The first-order valence-electron chi connectivity index (χ1n) is 6.04. The molecule has 0 aromatic heterocycles. The molecule has 5 heteroatoms. The van der Waals surface area contributed by atoms with Gasteiger partial charge < -0.3 is 10.2 Å². The van der Waals surface area contributed by atoms with Crippen LogP contribution in [0.1, 0.15) is 23.2 Å². The van der Waals surface area contributed by atoms with E-state index in [0.29, 0.717) is 11.6 Å². The topological polar surface area (TPSA) is 32.3 Å². The maximum atomic E-state index is 13.7. The first-order chi connectivity index (χ1) is 8.63. The standard InChI is InChI=1S/C13H16ClFN2O/c1-16-8-10-3-2-6-17(10)13(18)11-5-4-9(14)7-12(11)15/h4-5,7,10,16H,2-3,6,8H2,1H3. The van der Waals surface area contributed by atoms with Gasteiger partial charge in [0.15, 0.2) is 0 Å². The number of benzene rings is 1. The molecule has 1 aliphatic heterocycles. The molecule has 1 unspecified atom stereocenters. The molecule has 1 amide bonds. The van der Waals surface area contributed by atoms with Gasteiger partial charge in [-0.1, -0.05) is 11.6 Å². The Morgan fingerprint density at radius 1 is 1.61 bits per heavy atom. The molecule has 1 atom stereocenters. The van der Waals surface area contributed by atoms with Gasteiger partial charge in [0.05, 0.1) is 5.56 Å². The summed E-state index contributed by atoms with van der Waals surface area (Å²) < 4.78 is 13.7. The number of likely N-dealkylation sites (N-methyl/N-ethyl adjacent to an activating group) is 1. The fraction of sp³-hybridized carbons (Fsp3) is 0.462. The number of halogens is 2. The van der Waals surface area contributed by atoms with Gasteiger partial charge in [-0.2, -0.15) is 0 Å². The van der Waals surface area contributed by atoms with Gasteiger partial charge in [0.1, 0.15) is 5.82 Å². The van der Waals surface area contributed by atoms with Crippen molar-refractivity contribution in [1.29, 1.82) is 0 Å². The molecule has 0 saturated carbocycles. The van der Waals surface area contributed by atoms with E-state index in [9.17, 15) is 9.18 Å². The van der Waals surface area contributed by atoms with Crippen molar-refractivity contribution in [2.45, 2.75) is 18.9 Å². The lowest BCUT2D eigenvalue weighted by Gasteiger charge is -2.24. The van der Waals surface area contributed by atoms with Gasteiger partial charge in [-0.3, -0.25) is 4.79 Å². The monoisotopic (exact) mass is 270 g/mol. The second-order valence-corrected chi connectivity index (χ2v) is 4.91. The third-order valence-electron chi connectivity index (χ3n) is 3.24. The highest BCUT2D eigenvalue weighted by Gasteiger charge is 2.30. The summed E-state index contributed by atoms with van der Waals surface area (Å²) in [6, 6.07) is 4.32. The average Bonchev–Trinajstić information content (AvgIpc) is 2.77. The average molecular weight is 271 g/mol. The van der Waals surface area contributed by atoms with Crippen molar-refractivity contribution in [3.63, 3.8) is 0 Å². The number of hydrogen-bond acceptors (Lipinski definition) is 2. The van der Waals surface area contributed by atoms with Crippen molar-refractivity contribution in [3.05, 3.63) is 34.6 Å². The van der Waals surface area contributed by atoms with Gasteiger partial charge >= 0.3 is 0 Å². The van der Waals surface area contributed by atoms with Crippen LogP contribution in [-0.2, 0) is 0 Å². The third kappa shape index (κ3) is 2.65. The van der Waals surface area contributed by atoms with Crippen LogP contribution in [0.25, 0.3) is 0 Å². The molecule has 1 aromatic carbocycles. The SMILES string of the molecule is CNCC1CCCN1C(=O)c1ccc(Cl)cc1F. The summed E-state index contributed by atoms with van der Waals surface area (Å²) in [7, 11) is 1.85. The molecule has 1 fully saturated rings. The number of nitrogens with zero attached hydrogens (tertiary/aromatic N) is 1. The molecule has 0 aliphatic carbocycles. The van der Waals surface area contributed by atoms with E-state index in [1.807, 2.05) is 7.05 Å². The van der Waals surface area contributed by atoms with Crippen LogP contribution in [0.2, 0.25) is 5.02 Å². The minimum absolute atomic E-state index is 0.0994. The molecule has 1 aromatic rings. The summed E-state index contributed by atoms with van der Waals surface area (Å²) in [6.45, 7) is 1.42. The molecule has 0 spiro atoms. The summed E-state index contributed by atoms with van der Waals surface area (Å²) in [6.07, 6.45) is 1.93. The Kier molecular flexibility index (Phi) is 4.19. The van der Waals surface area contributed by atoms with Gasteiger partial charge in [-0.05, 0) is 38.1 Å². The Morgan fingerprint density at radius 2 is 2.39 bits per heavy atom. The molecular formula is C13H16ClFN2O. The zero-order valence-electron chi connectivity index (χ0n) is 10.2. The van der Waals surface area contributed by atoms with E-state index in [1.165, 1.54) is 12.1 Å². The lowest BCUT2D eigenvalue weighted by molar-refractivity contribution is 0.0732. The highest BCUT2D eigenvalue weighted by atomic mass is 35.5. The number of rotatable bonds is 3. The molecule has 0 bridgehead atoms. The van der Waals surface area contributed by atoms with E-state index < -0.39 is 5.82 Å². The van der Waals surface area contributed by atoms with Crippen LogP contribution in [0.15, 0.2) is 18.2 Å². The van der Waals surface area contributed by atoms with Gasteiger partial charge in [0.25, 0.3) is 5.91 Å². The summed E-state index contributed by atoms with van der Waals surface area (Å²) in [5.74, 6) is -0.801. The third-order valence-corrected chi connectivity index (χ3v) is 3.47. The van der Waals surface area contributed by atoms with Crippen LogP contribution < -0.4 is 5.32 Å². The second kappa shape index (κ2) is 5.67. The Balaban J connectivity index is 2.20. The van der Waals surface area contributed by atoms with Crippen molar-refractivity contribution in [2.75, 3.05) is 20.1 Å². The molecule has 1 N–H and O–H groups in total. The lowest BCUT2D eigenvalue weighted by Crippen LogP contribution is -2.41. The van der Waals surface area contributed by atoms with Gasteiger partial charge in [0.2, 0.25) is 0 Å². The van der Waals surface area contributed by atoms with E-state index in [4.69, 9.17) is 11.6 Å². The number of amides is 1. The molecule has 1 heterocycles. The van der Waals surface area contributed by atoms with E-state index in [2.05, 4.69) is 5.32 Å². The molecule has 1 aliphatic rings. The summed E-state index contributed by atoms with van der Waals surface area (Å²) in [5.41, 5.74) is 0.0994. The van der Waals surface area contributed by atoms with Crippen molar-refractivity contribution in [1.82, 2.24) is 10.2 Å². The molecule has 98 valence electrons. The molecular weight excluding hydrogens is 255 g/mol. The van der Waals surface area contributed by atoms with E-state index in [-0.39, 0.29) is 17.5 Å². The molecule has 0 radical (unpaired) electrons. The fourth-order valence-corrected chi connectivity index (χ4v) is 2.53. The van der Waals surface area contributed by atoms with E-state index in [1.54, 1.807) is 11.0 Å². The smallest absolute Gasteiger partial charge is 0.257 e. The summed E-state index contributed by atoms with van der Waals surface area (Å²) in [5, 5.41) is 3.36. The van der Waals surface area contributed by atoms with Crippen molar-refractivity contribution < 1.29 is 9.18 Å². The summed E-state index contributed by atoms with van der Waals surface area (Å²) >= 11 is 5.68. The zero-order chi connectivity index (χ0) is 13.1.